The molecule has 39 heavy (non-hydrogen) atoms. The van der Waals surface area contributed by atoms with Gasteiger partial charge in [-0.2, -0.15) is 0 Å². The summed E-state index contributed by atoms with van der Waals surface area (Å²) >= 11 is 0. The summed E-state index contributed by atoms with van der Waals surface area (Å²) in [4.78, 5) is 35.3. The van der Waals surface area contributed by atoms with Crippen molar-refractivity contribution in [2.24, 2.45) is 0 Å². The Morgan fingerprint density at radius 1 is 0.718 bits per heavy atom. The van der Waals surface area contributed by atoms with Gasteiger partial charge in [0.15, 0.2) is 0 Å². The Hall–Kier alpha value is -5.31. The Labute approximate surface area is 225 Å². The number of aromatic carboxylic acids is 1. The predicted molar refractivity (Wildman–Crippen MR) is 145 cm³/mol. The van der Waals surface area contributed by atoms with Crippen molar-refractivity contribution in [3.8, 4) is 17.2 Å². The van der Waals surface area contributed by atoms with Gasteiger partial charge in [-0.05, 0) is 60.2 Å². The Balaban J connectivity index is 1.29. The van der Waals surface area contributed by atoms with Gasteiger partial charge in [-0.25, -0.2) is 9.59 Å². The highest BCUT2D eigenvalue weighted by Gasteiger charge is 2.12. The summed E-state index contributed by atoms with van der Waals surface area (Å²) in [6.07, 6.45) is -0.472. The van der Waals surface area contributed by atoms with Crippen LogP contribution in [0.2, 0.25) is 0 Å². The third kappa shape index (κ3) is 7.59. The van der Waals surface area contributed by atoms with Crippen molar-refractivity contribution < 1.29 is 33.7 Å². The van der Waals surface area contributed by atoms with Crippen LogP contribution in [0.5, 0.6) is 17.2 Å². The smallest absolute Gasteiger partial charge is 0.411 e. The minimum Gasteiger partial charge on any atom is -0.489 e. The van der Waals surface area contributed by atoms with Gasteiger partial charge >= 0.3 is 12.1 Å². The maximum absolute atomic E-state index is 12.4. The normalized spacial score (nSPS) is 10.3. The summed E-state index contributed by atoms with van der Waals surface area (Å²) in [5, 5.41) is 14.6. The SMILES string of the molecule is COC(=O)Nc1ccccc1COc1ccc(Oc2ccc(CC(=O)Nc3ccccc3C(=O)O)cc2)cc1. The first-order valence-corrected chi connectivity index (χ1v) is 12.0. The molecule has 0 saturated heterocycles. The van der Waals surface area contributed by atoms with Gasteiger partial charge in [-0.15, -0.1) is 0 Å². The molecule has 3 N–H and O–H groups in total. The number of hydrogen-bond acceptors (Lipinski definition) is 6. The van der Waals surface area contributed by atoms with E-state index in [4.69, 9.17) is 9.47 Å². The number of ether oxygens (including phenoxy) is 3. The molecular weight excluding hydrogens is 500 g/mol. The molecule has 0 bridgehead atoms. The number of nitrogens with one attached hydrogen (secondary N) is 2. The third-order valence-electron chi connectivity index (χ3n) is 5.61. The molecular formula is C30H26N2O7. The van der Waals surface area contributed by atoms with Crippen LogP contribution in [0, 0.1) is 0 Å². The maximum Gasteiger partial charge on any atom is 0.411 e. The van der Waals surface area contributed by atoms with Crippen molar-refractivity contribution >= 4 is 29.3 Å². The van der Waals surface area contributed by atoms with Crippen LogP contribution in [0.4, 0.5) is 16.2 Å². The van der Waals surface area contributed by atoms with E-state index >= 15 is 0 Å². The van der Waals surface area contributed by atoms with E-state index < -0.39 is 12.1 Å². The molecule has 0 heterocycles. The largest absolute Gasteiger partial charge is 0.489 e. The zero-order valence-corrected chi connectivity index (χ0v) is 21.0. The molecule has 0 aliphatic carbocycles. The Bertz CT molecular complexity index is 1450. The van der Waals surface area contributed by atoms with E-state index in [0.29, 0.717) is 22.9 Å². The van der Waals surface area contributed by atoms with Crippen LogP contribution < -0.4 is 20.1 Å². The second kappa shape index (κ2) is 12.8. The topological polar surface area (TPSA) is 123 Å². The lowest BCUT2D eigenvalue weighted by atomic mass is 10.1. The number of hydrogen-bond donors (Lipinski definition) is 3. The van der Waals surface area contributed by atoms with E-state index in [-0.39, 0.29) is 30.2 Å². The molecule has 4 rings (SSSR count). The first-order valence-electron chi connectivity index (χ1n) is 12.0. The molecule has 2 amide bonds. The number of rotatable bonds is 10. The maximum atomic E-state index is 12.4. The molecule has 0 atom stereocenters. The molecule has 0 aliphatic rings. The lowest BCUT2D eigenvalue weighted by Crippen LogP contribution is -2.16. The van der Waals surface area contributed by atoms with Crippen LogP contribution in [-0.4, -0.2) is 30.2 Å². The van der Waals surface area contributed by atoms with E-state index in [1.54, 1.807) is 72.8 Å². The van der Waals surface area contributed by atoms with Gasteiger partial charge in [-0.3, -0.25) is 10.1 Å². The lowest BCUT2D eigenvalue weighted by molar-refractivity contribution is -0.115. The average molecular weight is 527 g/mol. The average Bonchev–Trinajstić information content (AvgIpc) is 2.94. The van der Waals surface area contributed by atoms with Crippen molar-refractivity contribution in [2.75, 3.05) is 17.7 Å². The monoisotopic (exact) mass is 526 g/mol. The number of benzene rings is 4. The van der Waals surface area contributed by atoms with Crippen LogP contribution in [-0.2, 0) is 22.6 Å². The van der Waals surface area contributed by atoms with E-state index in [1.807, 2.05) is 18.2 Å². The van der Waals surface area contributed by atoms with Gasteiger partial charge in [0.1, 0.15) is 23.9 Å². The van der Waals surface area contributed by atoms with E-state index in [2.05, 4.69) is 15.4 Å². The van der Waals surface area contributed by atoms with Crippen molar-refractivity contribution in [3.05, 3.63) is 114 Å². The first kappa shape index (κ1) is 26.7. The van der Waals surface area contributed by atoms with Crippen LogP contribution in [0.25, 0.3) is 0 Å². The van der Waals surface area contributed by atoms with Gasteiger partial charge < -0.3 is 24.6 Å². The minimum atomic E-state index is -1.11. The lowest BCUT2D eigenvalue weighted by Gasteiger charge is -2.12. The minimum absolute atomic E-state index is 0.0337. The van der Waals surface area contributed by atoms with Gasteiger partial charge in [0.25, 0.3) is 0 Å². The summed E-state index contributed by atoms with van der Waals surface area (Å²) in [6.45, 7) is 0.247. The number of carbonyl (C=O) groups is 3. The van der Waals surface area contributed by atoms with E-state index in [9.17, 15) is 19.5 Å². The molecule has 0 radical (unpaired) electrons. The summed E-state index contributed by atoms with van der Waals surface area (Å²) in [5.41, 5.74) is 2.44. The van der Waals surface area contributed by atoms with Gasteiger partial charge in [0.05, 0.1) is 30.5 Å². The number of carboxylic acid groups (broad SMARTS) is 1. The summed E-state index contributed by atoms with van der Waals surface area (Å²) < 4.78 is 16.4. The Morgan fingerprint density at radius 3 is 1.97 bits per heavy atom. The number of carbonyl (C=O) groups excluding carboxylic acids is 2. The molecule has 0 aliphatic heterocycles. The molecule has 4 aromatic rings. The number of para-hydroxylation sites is 2. The predicted octanol–water partition coefficient (Wildman–Crippen LogP) is 6.12. The van der Waals surface area contributed by atoms with E-state index in [0.717, 1.165) is 11.1 Å². The van der Waals surface area contributed by atoms with Crippen molar-refractivity contribution in [3.63, 3.8) is 0 Å². The zero-order valence-electron chi connectivity index (χ0n) is 21.0. The fourth-order valence-electron chi connectivity index (χ4n) is 3.66. The highest BCUT2D eigenvalue weighted by molar-refractivity contribution is 6.01. The summed E-state index contributed by atoms with van der Waals surface area (Å²) in [5.74, 6) is 0.390. The first-order chi connectivity index (χ1) is 18.9. The third-order valence-corrected chi connectivity index (χ3v) is 5.61. The fourth-order valence-corrected chi connectivity index (χ4v) is 3.66. The molecule has 4 aromatic carbocycles. The molecule has 0 saturated carbocycles. The molecule has 0 spiro atoms. The summed E-state index contributed by atoms with van der Waals surface area (Å²) in [7, 11) is 1.30. The number of amides is 2. The van der Waals surface area contributed by atoms with Crippen LogP contribution in [0.1, 0.15) is 21.5 Å². The highest BCUT2D eigenvalue weighted by Crippen LogP contribution is 2.26. The molecule has 9 nitrogen and oxygen atoms in total. The molecule has 9 heteroatoms. The number of anilines is 2. The van der Waals surface area contributed by atoms with Crippen molar-refractivity contribution in [1.82, 2.24) is 0 Å². The molecule has 0 unspecified atom stereocenters. The molecule has 0 fully saturated rings. The quantitative estimate of drug-likeness (QED) is 0.228. The van der Waals surface area contributed by atoms with Gasteiger partial charge in [0, 0.05) is 5.56 Å². The Morgan fingerprint density at radius 2 is 1.31 bits per heavy atom. The van der Waals surface area contributed by atoms with Gasteiger partial charge in [0.2, 0.25) is 5.91 Å². The highest BCUT2D eigenvalue weighted by atomic mass is 16.5. The number of methoxy groups -OCH3 is 1. The molecule has 0 aromatic heterocycles. The second-order valence-electron chi connectivity index (χ2n) is 8.36. The Kier molecular flexibility index (Phi) is 8.76. The van der Waals surface area contributed by atoms with E-state index in [1.165, 1.54) is 13.2 Å². The number of carboxylic acids is 1. The van der Waals surface area contributed by atoms with Crippen molar-refractivity contribution in [1.29, 1.82) is 0 Å². The van der Waals surface area contributed by atoms with Gasteiger partial charge in [-0.1, -0.05) is 42.5 Å². The van der Waals surface area contributed by atoms with Crippen LogP contribution in [0.15, 0.2) is 97.1 Å². The standard InChI is InChI=1S/C30H26N2O7/c1-37-30(36)32-26-8-4-2-6-21(26)19-38-22-14-16-24(17-15-22)39-23-12-10-20(11-13-23)18-28(33)31-27-9-5-3-7-25(27)29(34)35/h2-17H,18-19H2,1H3,(H,31,33)(H,32,36)(H,34,35). The fraction of sp³-hybridized carbons (Fsp3) is 0.100. The van der Waals surface area contributed by atoms with Crippen LogP contribution in [0.3, 0.4) is 0 Å². The van der Waals surface area contributed by atoms with Crippen LogP contribution >= 0.6 is 0 Å². The van der Waals surface area contributed by atoms with Crippen molar-refractivity contribution in [2.45, 2.75) is 13.0 Å². The molecule has 198 valence electrons. The summed E-state index contributed by atoms with van der Waals surface area (Å²) in [6, 6.07) is 27.7. The second-order valence-corrected chi connectivity index (χ2v) is 8.36. The zero-order chi connectivity index (χ0) is 27.6.